The minimum Gasteiger partial charge on any atom is -0.330 e. The molecule has 2 aromatic carbocycles. The minimum absolute atomic E-state index is 0.168. The first-order chi connectivity index (χ1) is 11.4. The largest absolute Gasteiger partial charge is 0.330 e. The van der Waals surface area contributed by atoms with Crippen molar-refractivity contribution in [3.63, 3.8) is 0 Å². The zero-order chi connectivity index (χ0) is 17.7. The molecule has 128 valence electrons. The predicted octanol–water partition coefficient (Wildman–Crippen LogP) is 4.28. The summed E-state index contributed by atoms with van der Waals surface area (Å²) in [5, 5.41) is 4.97. The molecule has 0 unspecified atom stereocenters. The van der Waals surface area contributed by atoms with Gasteiger partial charge in [0.1, 0.15) is 11.9 Å². The van der Waals surface area contributed by atoms with Crippen LogP contribution in [0.15, 0.2) is 46.9 Å². The number of hydrogen-bond acceptors (Lipinski definition) is 1. The third kappa shape index (κ3) is 5.03. The first-order valence-electron chi connectivity index (χ1n) is 7.77. The summed E-state index contributed by atoms with van der Waals surface area (Å²) >= 11 is 9.38. The molecule has 3 nitrogen and oxygen atoms in total. The van der Waals surface area contributed by atoms with Gasteiger partial charge < -0.3 is 10.6 Å². The number of anilines is 1. The highest BCUT2D eigenvalue weighted by Gasteiger charge is 2.22. The van der Waals surface area contributed by atoms with E-state index in [2.05, 4.69) is 40.3 Å². The van der Waals surface area contributed by atoms with Crippen LogP contribution in [-0.2, 0) is 4.79 Å². The van der Waals surface area contributed by atoms with Crippen molar-refractivity contribution in [2.45, 2.75) is 32.4 Å². The monoisotopic (exact) mass is 413 g/mol. The van der Waals surface area contributed by atoms with Gasteiger partial charge in [-0.15, -0.1) is 0 Å². The first kappa shape index (κ1) is 18.9. The van der Waals surface area contributed by atoms with Gasteiger partial charge in [0.15, 0.2) is 6.04 Å². The SMILES string of the molecule is CC[C@H]([NH2+][C@@H](C)C(=O)Nc1ccc(F)cc1Cl)c1ccc(Br)cc1. The number of quaternary nitrogens is 1. The lowest BCUT2D eigenvalue weighted by atomic mass is 10.0. The Morgan fingerprint density at radius 2 is 1.96 bits per heavy atom. The van der Waals surface area contributed by atoms with Crippen LogP contribution in [0.4, 0.5) is 10.1 Å². The second-order valence-electron chi connectivity index (χ2n) is 5.66. The fraction of sp³-hybridized carbons (Fsp3) is 0.278. The Morgan fingerprint density at radius 1 is 1.29 bits per heavy atom. The summed E-state index contributed by atoms with van der Waals surface area (Å²) in [6.45, 7) is 3.93. The van der Waals surface area contributed by atoms with Crippen molar-refractivity contribution in [3.05, 3.63) is 63.3 Å². The van der Waals surface area contributed by atoms with Gasteiger partial charge in [-0.2, -0.15) is 0 Å². The molecule has 6 heteroatoms. The van der Waals surface area contributed by atoms with Gasteiger partial charge >= 0.3 is 0 Å². The quantitative estimate of drug-likeness (QED) is 0.728. The van der Waals surface area contributed by atoms with E-state index in [-0.39, 0.29) is 23.0 Å². The molecule has 2 rings (SSSR count). The number of carbonyl (C=O) groups is 1. The van der Waals surface area contributed by atoms with Gasteiger partial charge in [0.25, 0.3) is 5.91 Å². The molecule has 0 aliphatic carbocycles. The summed E-state index contributed by atoms with van der Waals surface area (Å²) in [5.41, 5.74) is 1.58. The van der Waals surface area contributed by atoms with Gasteiger partial charge in [0, 0.05) is 16.5 Å². The molecule has 0 saturated carbocycles. The van der Waals surface area contributed by atoms with Crippen LogP contribution in [0, 0.1) is 5.82 Å². The molecular formula is C18H20BrClFN2O+. The van der Waals surface area contributed by atoms with Gasteiger partial charge in [0.2, 0.25) is 0 Å². The maximum absolute atomic E-state index is 13.1. The molecule has 0 saturated heterocycles. The van der Waals surface area contributed by atoms with Crippen LogP contribution in [0.1, 0.15) is 31.9 Å². The lowest BCUT2D eigenvalue weighted by Gasteiger charge is -2.19. The Bertz CT molecular complexity index is 709. The maximum atomic E-state index is 13.1. The Kier molecular flexibility index (Phi) is 6.78. The third-order valence-corrected chi connectivity index (χ3v) is 4.70. The second kappa shape index (κ2) is 8.60. The van der Waals surface area contributed by atoms with E-state index in [1.807, 2.05) is 24.4 Å². The van der Waals surface area contributed by atoms with E-state index < -0.39 is 5.82 Å². The van der Waals surface area contributed by atoms with E-state index in [1.165, 1.54) is 23.8 Å². The zero-order valence-electron chi connectivity index (χ0n) is 13.5. The standard InChI is InChI=1S/C18H19BrClFN2O/c1-3-16(12-4-6-13(19)7-5-12)22-11(2)18(24)23-17-9-8-14(21)10-15(17)20/h4-11,16,22H,3H2,1-2H3,(H,23,24)/p+1/t11-,16-/m0/s1. The summed E-state index contributed by atoms with van der Waals surface area (Å²) in [6, 6.07) is 11.9. The van der Waals surface area contributed by atoms with Crippen molar-refractivity contribution >= 4 is 39.1 Å². The van der Waals surface area contributed by atoms with E-state index >= 15 is 0 Å². The van der Waals surface area contributed by atoms with Crippen molar-refractivity contribution in [1.29, 1.82) is 0 Å². The number of nitrogens with two attached hydrogens (primary N) is 1. The van der Waals surface area contributed by atoms with Crippen LogP contribution < -0.4 is 10.6 Å². The highest BCUT2D eigenvalue weighted by atomic mass is 79.9. The van der Waals surface area contributed by atoms with Crippen molar-refractivity contribution < 1.29 is 14.5 Å². The van der Waals surface area contributed by atoms with E-state index in [4.69, 9.17) is 11.6 Å². The normalized spacial score (nSPS) is 13.4. The molecule has 3 N–H and O–H groups in total. The van der Waals surface area contributed by atoms with Gasteiger partial charge in [-0.3, -0.25) is 4.79 Å². The Hall–Kier alpha value is -1.43. The average Bonchev–Trinajstić information content (AvgIpc) is 2.55. The molecule has 2 aromatic rings. The predicted molar refractivity (Wildman–Crippen MR) is 98.6 cm³/mol. The molecule has 0 spiro atoms. The minimum atomic E-state index is -0.432. The topological polar surface area (TPSA) is 45.7 Å². The first-order valence-corrected chi connectivity index (χ1v) is 8.94. The number of halogens is 3. The maximum Gasteiger partial charge on any atom is 0.282 e. The summed E-state index contributed by atoms with van der Waals surface area (Å²) in [6.07, 6.45) is 0.899. The number of benzene rings is 2. The molecular weight excluding hydrogens is 395 g/mol. The van der Waals surface area contributed by atoms with Gasteiger partial charge in [-0.1, -0.05) is 46.6 Å². The molecule has 0 aliphatic heterocycles. The number of carbonyl (C=O) groups excluding carboxylic acids is 1. The Morgan fingerprint density at radius 3 is 2.54 bits per heavy atom. The van der Waals surface area contributed by atoms with Crippen LogP contribution in [0.5, 0.6) is 0 Å². The molecule has 0 aliphatic rings. The molecule has 1 amide bonds. The second-order valence-corrected chi connectivity index (χ2v) is 6.98. The summed E-state index contributed by atoms with van der Waals surface area (Å²) in [7, 11) is 0. The fourth-order valence-corrected chi connectivity index (χ4v) is 2.94. The lowest BCUT2D eigenvalue weighted by molar-refractivity contribution is -0.713. The Balaban J connectivity index is 2.02. The molecule has 0 heterocycles. The van der Waals surface area contributed by atoms with E-state index in [9.17, 15) is 9.18 Å². The zero-order valence-corrected chi connectivity index (χ0v) is 15.9. The molecule has 2 atom stereocenters. The van der Waals surface area contributed by atoms with Gasteiger partial charge in [0.05, 0.1) is 10.7 Å². The number of rotatable bonds is 6. The fourth-order valence-electron chi connectivity index (χ4n) is 2.47. The highest BCUT2D eigenvalue weighted by molar-refractivity contribution is 9.10. The van der Waals surface area contributed by atoms with Crippen LogP contribution in [0.2, 0.25) is 5.02 Å². The lowest BCUT2D eigenvalue weighted by Crippen LogP contribution is -2.92. The van der Waals surface area contributed by atoms with Crippen LogP contribution in [-0.4, -0.2) is 11.9 Å². The number of amides is 1. The number of nitrogens with one attached hydrogen (secondary N) is 1. The molecule has 0 radical (unpaired) electrons. The van der Waals surface area contributed by atoms with Crippen molar-refractivity contribution in [2.24, 2.45) is 0 Å². The van der Waals surface area contributed by atoms with Gasteiger partial charge in [-0.25, -0.2) is 4.39 Å². The molecule has 0 fully saturated rings. The van der Waals surface area contributed by atoms with Crippen LogP contribution in [0.25, 0.3) is 0 Å². The summed E-state index contributed by atoms with van der Waals surface area (Å²) in [4.78, 5) is 12.4. The summed E-state index contributed by atoms with van der Waals surface area (Å²) < 4.78 is 14.1. The van der Waals surface area contributed by atoms with E-state index in [0.29, 0.717) is 5.69 Å². The van der Waals surface area contributed by atoms with Crippen molar-refractivity contribution in [1.82, 2.24) is 0 Å². The van der Waals surface area contributed by atoms with E-state index in [1.54, 1.807) is 0 Å². The third-order valence-electron chi connectivity index (χ3n) is 3.86. The summed E-state index contributed by atoms with van der Waals surface area (Å²) in [5.74, 6) is -0.599. The van der Waals surface area contributed by atoms with Crippen LogP contribution >= 0.6 is 27.5 Å². The van der Waals surface area contributed by atoms with E-state index in [0.717, 1.165) is 10.9 Å². The average molecular weight is 415 g/mol. The number of hydrogen-bond donors (Lipinski definition) is 2. The van der Waals surface area contributed by atoms with Crippen molar-refractivity contribution in [3.8, 4) is 0 Å². The Labute approximate surface area is 154 Å². The molecule has 0 aromatic heterocycles. The van der Waals surface area contributed by atoms with Crippen molar-refractivity contribution in [2.75, 3.05) is 5.32 Å². The molecule has 24 heavy (non-hydrogen) atoms. The highest BCUT2D eigenvalue weighted by Crippen LogP contribution is 2.22. The van der Waals surface area contributed by atoms with Crippen LogP contribution in [0.3, 0.4) is 0 Å². The smallest absolute Gasteiger partial charge is 0.282 e. The molecule has 0 bridgehead atoms. The van der Waals surface area contributed by atoms with Gasteiger partial charge in [-0.05, 0) is 37.3 Å².